The van der Waals surface area contributed by atoms with Gasteiger partial charge in [0.05, 0.1) is 23.4 Å². The van der Waals surface area contributed by atoms with Gasteiger partial charge in [0.15, 0.2) is 0 Å². The van der Waals surface area contributed by atoms with Crippen LogP contribution in [-0.4, -0.2) is 5.91 Å². The summed E-state index contributed by atoms with van der Waals surface area (Å²) in [7, 11) is 0. The third kappa shape index (κ3) is 3.25. The van der Waals surface area contributed by atoms with Gasteiger partial charge in [-0.25, -0.2) is 0 Å². The normalized spacial score (nSPS) is 11.0. The molecule has 4 heteroatoms. The molecule has 3 rings (SSSR count). The molecule has 0 unspecified atom stereocenters. The molecular weight excluding hydrogens is 310 g/mol. The standard InChI is InChI=1S/C19H18ClNO2/c1-11-4-5-15-14(10-23-17(15)8-11)9-18(22)21-19-13(3)6-12(2)7-16(19)20/h4-8,10H,9H2,1-3H3,(H,21,22). The highest BCUT2D eigenvalue weighted by Gasteiger charge is 2.13. The number of hydrogen-bond acceptors (Lipinski definition) is 2. The molecular formula is C19H18ClNO2. The Morgan fingerprint density at radius 1 is 1.13 bits per heavy atom. The molecule has 0 saturated heterocycles. The average molecular weight is 328 g/mol. The number of halogens is 1. The summed E-state index contributed by atoms with van der Waals surface area (Å²) in [4.78, 5) is 12.4. The SMILES string of the molecule is Cc1cc(C)c(NC(=O)Cc2coc3cc(C)ccc23)c(Cl)c1. The van der Waals surface area contributed by atoms with Crippen LogP contribution < -0.4 is 5.32 Å². The van der Waals surface area contributed by atoms with Crippen molar-refractivity contribution in [2.45, 2.75) is 27.2 Å². The zero-order valence-electron chi connectivity index (χ0n) is 13.4. The Kier molecular flexibility index (Phi) is 4.14. The summed E-state index contributed by atoms with van der Waals surface area (Å²) >= 11 is 6.24. The van der Waals surface area contributed by atoms with Crippen LogP contribution in [-0.2, 0) is 11.2 Å². The smallest absolute Gasteiger partial charge is 0.228 e. The van der Waals surface area contributed by atoms with Gasteiger partial charge in [0.25, 0.3) is 0 Å². The molecule has 3 nitrogen and oxygen atoms in total. The summed E-state index contributed by atoms with van der Waals surface area (Å²) in [6, 6.07) is 9.82. The van der Waals surface area contributed by atoms with Crippen molar-refractivity contribution in [1.82, 2.24) is 0 Å². The van der Waals surface area contributed by atoms with E-state index in [2.05, 4.69) is 5.32 Å². The van der Waals surface area contributed by atoms with E-state index in [1.807, 2.05) is 51.1 Å². The maximum absolute atomic E-state index is 12.4. The first-order chi connectivity index (χ1) is 10.9. The third-order valence-electron chi connectivity index (χ3n) is 3.86. The number of carbonyl (C=O) groups excluding carboxylic acids is 1. The van der Waals surface area contributed by atoms with Crippen LogP contribution >= 0.6 is 11.6 Å². The summed E-state index contributed by atoms with van der Waals surface area (Å²) in [6.07, 6.45) is 1.90. The highest BCUT2D eigenvalue weighted by atomic mass is 35.5. The van der Waals surface area contributed by atoms with Gasteiger partial charge < -0.3 is 9.73 Å². The Morgan fingerprint density at radius 2 is 1.91 bits per heavy atom. The van der Waals surface area contributed by atoms with Crippen molar-refractivity contribution in [1.29, 1.82) is 0 Å². The molecule has 1 N–H and O–H groups in total. The van der Waals surface area contributed by atoms with Crippen LogP contribution in [0, 0.1) is 20.8 Å². The fourth-order valence-corrected chi connectivity index (χ4v) is 3.13. The summed E-state index contributed by atoms with van der Waals surface area (Å²) < 4.78 is 5.54. The van der Waals surface area contributed by atoms with Gasteiger partial charge in [0.2, 0.25) is 5.91 Å². The maximum atomic E-state index is 12.4. The molecule has 0 saturated carbocycles. The van der Waals surface area contributed by atoms with Gasteiger partial charge in [-0.2, -0.15) is 0 Å². The Labute approximate surface area is 140 Å². The lowest BCUT2D eigenvalue weighted by Crippen LogP contribution is -2.15. The fraction of sp³-hybridized carbons (Fsp3) is 0.211. The van der Waals surface area contributed by atoms with Crippen molar-refractivity contribution in [3.63, 3.8) is 0 Å². The molecule has 23 heavy (non-hydrogen) atoms. The van der Waals surface area contributed by atoms with Gasteiger partial charge in [0, 0.05) is 10.9 Å². The summed E-state index contributed by atoms with van der Waals surface area (Å²) in [6.45, 7) is 5.92. The number of benzene rings is 2. The van der Waals surface area contributed by atoms with Crippen molar-refractivity contribution in [3.05, 3.63) is 63.9 Å². The van der Waals surface area contributed by atoms with E-state index in [4.69, 9.17) is 16.0 Å². The topological polar surface area (TPSA) is 42.2 Å². The first-order valence-electron chi connectivity index (χ1n) is 7.47. The van der Waals surface area contributed by atoms with Crippen molar-refractivity contribution in [2.24, 2.45) is 0 Å². The first kappa shape index (κ1) is 15.6. The Hall–Kier alpha value is -2.26. The number of nitrogens with one attached hydrogen (secondary N) is 1. The van der Waals surface area contributed by atoms with Gasteiger partial charge in [-0.1, -0.05) is 29.8 Å². The molecule has 0 bridgehead atoms. The minimum atomic E-state index is -0.109. The predicted molar refractivity (Wildman–Crippen MR) is 94.2 cm³/mol. The molecule has 0 atom stereocenters. The molecule has 0 fully saturated rings. The average Bonchev–Trinajstić information content (AvgIpc) is 2.85. The second-order valence-electron chi connectivity index (χ2n) is 5.92. The molecule has 3 aromatic rings. The van der Waals surface area contributed by atoms with Gasteiger partial charge >= 0.3 is 0 Å². The molecule has 0 aliphatic carbocycles. The first-order valence-corrected chi connectivity index (χ1v) is 7.85. The van der Waals surface area contributed by atoms with Crippen LogP contribution in [0.2, 0.25) is 5.02 Å². The second-order valence-corrected chi connectivity index (χ2v) is 6.33. The van der Waals surface area contributed by atoms with Crippen molar-refractivity contribution >= 4 is 34.2 Å². The molecule has 1 aromatic heterocycles. The number of carbonyl (C=O) groups is 1. The number of rotatable bonds is 3. The van der Waals surface area contributed by atoms with Crippen molar-refractivity contribution < 1.29 is 9.21 Å². The van der Waals surface area contributed by atoms with E-state index in [0.717, 1.165) is 33.2 Å². The van der Waals surface area contributed by atoms with Gasteiger partial charge in [0.1, 0.15) is 5.58 Å². The zero-order chi connectivity index (χ0) is 16.6. The van der Waals surface area contributed by atoms with E-state index in [1.54, 1.807) is 6.26 Å². The minimum Gasteiger partial charge on any atom is -0.464 e. The van der Waals surface area contributed by atoms with Gasteiger partial charge in [-0.15, -0.1) is 0 Å². The molecule has 0 aliphatic rings. The van der Waals surface area contributed by atoms with Crippen LogP contribution in [0.25, 0.3) is 11.0 Å². The van der Waals surface area contributed by atoms with Crippen LogP contribution in [0.15, 0.2) is 41.0 Å². The fourth-order valence-electron chi connectivity index (χ4n) is 2.76. The van der Waals surface area contributed by atoms with E-state index in [-0.39, 0.29) is 12.3 Å². The zero-order valence-corrected chi connectivity index (χ0v) is 14.1. The predicted octanol–water partition coefficient (Wildman–Crippen LogP) is 5.19. The number of anilines is 1. The molecule has 0 aliphatic heterocycles. The number of aryl methyl sites for hydroxylation is 3. The van der Waals surface area contributed by atoms with Crippen molar-refractivity contribution in [3.8, 4) is 0 Å². The summed E-state index contributed by atoms with van der Waals surface area (Å²) in [5, 5.41) is 4.44. The molecule has 1 amide bonds. The maximum Gasteiger partial charge on any atom is 0.228 e. The molecule has 2 aromatic carbocycles. The van der Waals surface area contributed by atoms with E-state index < -0.39 is 0 Å². The van der Waals surface area contributed by atoms with E-state index >= 15 is 0 Å². The largest absolute Gasteiger partial charge is 0.464 e. The highest BCUT2D eigenvalue weighted by Crippen LogP contribution is 2.28. The van der Waals surface area contributed by atoms with Crippen molar-refractivity contribution in [2.75, 3.05) is 5.32 Å². The minimum absolute atomic E-state index is 0.109. The Bertz CT molecular complexity index is 873. The molecule has 0 radical (unpaired) electrons. The van der Waals surface area contributed by atoms with Gasteiger partial charge in [-0.05, 0) is 49.6 Å². The molecule has 0 spiro atoms. The molecule has 1 heterocycles. The third-order valence-corrected chi connectivity index (χ3v) is 4.16. The van der Waals surface area contributed by atoms with Crippen LogP contribution in [0.1, 0.15) is 22.3 Å². The lowest BCUT2D eigenvalue weighted by atomic mass is 10.1. The quantitative estimate of drug-likeness (QED) is 0.719. The Balaban J connectivity index is 1.82. The lowest BCUT2D eigenvalue weighted by Gasteiger charge is -2.11. The number of furan rings is 1. The molecule has 118 valence electrons. The van der Waals surface area contributed by atoms with E-state index in [0.29, 0.717) is 10.7 Å². The highest BCUT2D eigenvalue weighted by molar-refractivity contribution is 6.34. The van der Waals surface area contributed by atoms with Crippen LogP contribution in [0.4, 0.5) is 5.69 Å². The van der Waals surface area contributed by atoms with E-state index in [9.17, 15) is 4.79 Å². The monoisotopic (exact) mass is 327 g/mol. The van der Waals surface area contributed by atoms with E-state index in [1.165, 1.54) is 0 Å². The lowest BCUT2D eigenvalue weighted by molar-refractivity contribution is -0.115. The number of hydrogen-bond donors (Lipinski definition) is 1. The summed E-state index contributed by atoms with van der Waals surface area (Å²) in [5.41, 5.74) is 5.50. The van der Waals surface area contributed by atoms with Crippen LogP contribution in [0.5, 0.6) is 0 Å². The number of fused-ring (bicyclic) bond motifs is 1. The number of amides is 1. The second kappa shape index (κ2) is 6.09. The van der Waals surface area contributed by atoms with Crippen LogP contribution in [0.3, 0.4) is 0 Å². The summed E-state index contributed by atoms with van der Waals surface area (Å²) in [5.74, 6) is -0.109. The van der Waals surface area contributed by atoms with Gasteiger partial charge in [-0.3, -0.25) is 4.79 Å². The Morgan fingerprint density at radius 3 is 2.65 bits per heavy atom.